The fourth-order valence-electron chi connectivity index (χ4n) is 4.17. The van der Waals surface area contributed by atoms with Gasteiger partial charge in [0.25, 0.3) is 5.91 Å². The van der Waals surface area contributed by atoms with Gasteiger partial charge in [0.05, 0.1) is 10.6 Å². The molecule has 1 aliphatic rings. The van der Waals surface area contributed by atoms with Gasteiger partial charge < -0.3 is 10.1 Å². The van der Waals surface area contributed by atoms with Gasteiger partial charge in [0.15, 0.2) is 15.5 Å². The molecule has 1 N–H and O–H groups in total. The molecule has 226 valence electrons. The van der Waals surface area contributed by atoms with Crippen LogP contribution in [-0.4, -0.2) is 64.4 Å². The number of alkyl halides is 1. The fourth-order valence-corrected chi connectivity index (χ4v) is 7.53. The van der Waals surface area contributed by atoms with E-state index in [1.165, 1.54) is 12.1 Å². The Labute approximate surface area is 255 Å². The zero-order valence-corrected chi connectivity index (χ0v) is 27.0. The first kappa shape index (κ1) is 35.1. The number of sulfone groups is 1. The molecular formula is C28H35BrClFN2O6S2. The SMILES string of the molecule is CC.O=CCCCCS(=O)(=O)/C=C\CNC(=O)C1(F)CCN(S(=O)(=O)c2ccc(Br)cc2-c2ccccc2Cl)CC1. The number of nitrogens with zero attached hydrogens (tertiary/aromatic N) is 1. The van der Waals surface area contributed by atoms with E-state index in [9.17, 15) is 26.4 Å². The predicted molar refractivity (Wildman–Crippen MR) is 164 cm³/mol. The Morgan fingerprint density at radius 3 is 2.37 bits per heavy atom. The molecule has 1 fully saturated rings. The van der Waals surface area contributed by atoms with Crippen molar-refractivity contribution in [3.05, 3.63) is 63.4 Å². The van der Waals surface area contributed by atoms with Gasteiger partial charge in [0.2, 0.25) is 10.0 Å². The lowest BCUT2D eigenvalue weighted by Gasteiger charge is -2.35. The topological polar surface area (TPSA) is 118 Å². The molecule has 2 aromatic carbocycles. The Bertz CT molecular complexity index is 1440. The molecule has 13 heteroatoms. The number of hydrogen-bond acceptors (Lipinski definition) is 6. The van der Waals surface area contributed by atoms with Crippen LogP contribution in [-0.2, 0) is 29.4 Å². The van der Waals surface area contributed by atoms with Crippen molar-refractivity contribution in [3.8, 4) is 11.1 Å². The minimum Gasteiger partial charge on any atom is -0.350 e. The average Bonchev–Trinajstić information content (AvgIpc) is 2.95. The number of unbranched alkanes of at least 4 members (excludes halogenated alkanes) is 2. The van der Waals surface area contributed by atoms with Gasteiger partial charge in [-0.1, -0.05) is 65.7 Å². The highest BCUT2D eigenvalue weighted by molar-refractivity contribution is 9.10. The van der Waals surface area contributed by atoms with Crippen LogP contribution in [0.2, 0.25) is 5.02 Å². The van der Waals surface area contributed by atoms with Crippen LogP contribution >= 0.6 is 27.5 Å². The molecule has 0 spiro atoms. The van der Waals surface area contributed by atoms with Crippen molar-refractivity contribution in [3.63, 3.8) is 0 Å². The molecule has 0 aliphatic carbocycles. The Balaban J connectivity index is 0.00000287. The third kappa shape index (κ3) is 9.71. The molecule has 0 bridgehead atoms. The number of piperidine rings is 1. The third-order valence-corrected chi connectivity index (χ3v) is 10.6. The van der Waals surface area contributed by atoms with Crippen LogP contribution < -0.4 is 5.32 Å². The Hall–Kier alpha value is -2.12. The van der Waals surface area contributed by atoms with E-state index in [1.807, 2.05) is 13.8 Å². The Morgan fingerprint density at radius 2 is 1.73 bits per heavy atom. The molecule has 1 saturated heterocycles. The number of rotatable bonds is 12. The molecule has 1 aliphatic heterocycles. The van der Waals surface area contributed by atoms with Gasteiger partial charge in [0.1, 0.15) is 6.29 Å². The number of carbonyl (C=O) groups is 2. The van der Waals surface area contributed by atoms with E-state index in [4.69, 9.17) is 11.6 Å². The monoisotopic (exact) mass is 692 g/mol. The third-order valence-electron chi connectivity index (χ3n) is 6.33. The lowest BCUT2D eigenvalue weighted by atomic mass is 9.93. The number of carbonyl (C=O) groups excluding carboxylic acids is 2. The molecule has 0 saturated carbocycles. The highest BCUT2D eigenvalue weighted by Crippen LogP contribution is 2.37. The number of hydrogen-bond donors (Lipinski definition) is 1. The van der Waals surface area contributed by atoms with E-state index in [2.05, 4.69) is 21.2 Å². The number of sulfonamides is 1. The standard InChI is InChI=1S/C26H29BrClFN2O6S2.C2H6/c27-20-9-10-24(22(19-20)21-7-2-3-8-23(21)28)39(36,37)31-14-11-26(29,12-15-31)25(33)30-13-6-18-38(34,35)17-5-1-4-16-32;1-2/h2-3,6-10,16,18-19H,1,4-5,11-15,17H2,(H,30,33);1-2H3/b18-6-;. The fraction of sp³-hybridized carbons (Fsp3) is 0.429. The second-order valence-corrected chi connectivity index (χ2v) is 14.3. The highest BCUT2D eigenvalue weighted by atomic mass is 79.9. The summed E-state index contributed by atoms with van der Waals surface area (Å²) in [5.74, 6) is -1.05. The highest BCUT2D eigenvalue weighted by Gasteiger charge is 2.44. The number of aldehydes is 1. The first-order valence-electron chi connectivity index (χ1n) is 13.2. The van der Waals surface area contributed by atoms with Gasteiger partial charge in [-0.05, 0) is 37.1 Å². The molecule has 41 heavy (non-hydrogen) atoms. The lowest BCUT2D eigenvalue weighted by Crippen LogP contribution is -2.52. The molecule has 0 atom stereocenters. The molecule has 0 aromatic heterocycles. The van der Waals surface area contributed by atoms with Crippen molar-refractivity contribution in [2.45, 2.75) is 56.5 Å². The van der Waals surface area contributed by atoms with Crippen molar-refractivity contribution >= 4 is 59.6 Å². The molecule has 3 rings (SSSR count). The van der Waals surface area contributed by atoms with Gasteiger partial charge in [-0.2, -0.15) is 4.31 Å². The molecule has 0 radical (unpaired) electrons. The van der Waals surface area contributed by atoms with Crippen LogP contribution in [0.4, 0.5) is 4.39 Å². The average molecular weight is 694 g/mol. The van der Waals surface area contributed by atoms with E-state index in [0.717, 1.165) is 16.0 Å². The van der Waals surface area contributed by atoms with E-state index in [0.29, 0.717) is 33.5 Å². The normalized spacial score (nSPS) is 15.6. The second kappa shape index (κ2) is 15.9. The lowest BCUT2D eigenvalue weighted by molar-refractivity contribution is -0.135. The van der Waals surface area contributed by atoms with Gasteiger partial charge >= 0.3 is 0 Å². The molecule has 1 heterocycles. The summed E-state index contributed by atoms with van der Waals surface area (Å²) in [5, 5.41) is 3.71. The number of halogens is 3. The summed E-state index contributed by atoms with van der Waals surface area (Å²) < 4.78 is 68.3. The van der Waals surface area contributed by atoms with Crippen LogP contribution in [0.15, 0.2) is 63.3 Å². The maximum absolute atomic E-state index is 15.5. The maximum atomic E-state index is 15.5. The van der Waals surface area contributed by atoms with Crippen LogP contribution in [0.1, 0.15) is 46.0 Å². The number of benzene rings is 2. The van der Waals surface area contributed by atoms with E-state index >= 15 is 4.39 Å². The van der Waals surface area contributed by atoms with Crippen molar-refractivity contribution < 1.29 is 30.8 Å². The minimum atomic E-state index is -4.04. The summed E-state index contributed by atoms with van der Waals surface area (Å²) in [5.41, 5.74) is -1.36. The van der Waals surface area contributed by atoms with E-state index in [-0.39, 0.29) is 49.5 Å². The number of amides is 1. The second-order valence-electron chi connectivity index (χ2n) is 9.10. The van der Waals surface area contributed by atoms with Gasteiger partial charge in [-0.3, -0.25) is 4.79 Å². The van der Waals surface area contributed by atoms with Crippen molar-refractivity contribution in [2.24, 2.45) is 0 Å². The predicted octanol–water partition coefficient (Wildman–Crippen LogP) is 5.70. The zero-order valence-electron chi connectivity index (χ0n) is 23.0. The Morgan fingerprint density at radius 1 is 1.07 bits per heavy atom. The van der Waals surface area contributed by atoms with Crippen molar-refractivity contribution in [1.82, 2.24) is 9.62 Å². The largest absolute Gasteiger partial charge is 0.350 e. The Kier molecular flexibility index (Phi) is 13.6. The summed E-state index contributed by atoms with van der Waals surface area (Å²) in [6.07, 6.45) is 2.34. The maximum Gasteiger partial charge on any atom is 0.258 e. The molecule has 1 amide bonds. The summed E-state index contributed by atoms with van der Waals surface area (Å²) in [6, 6.07) is 11.6. The molecule has 0 unspecified atom stereocenters. The van der Waals surface area contributed by atoms with Gasteiger partial charge in [-0.25, -0.2) is 21.2 Å². The van der Waals surface area contributed by atoms with Crippen LogP contribution in [0.5, 0.6) is 0 Å². The summed E-state index contributed by atoms with van der Waals surface area (Å²) in [4.78, 5) is 22.9. The zero-order chi connectivity index (χ0) is 30.7. The molecule has 8 nitrogen and oxygen atoms in total. The first-order valence-corrected chi connectivity index (χ1v) is 17.6. The molecule has 2 aromatic rings. The van der Waals surface area contributed by atoms with E-state index < -0.39 is 31.4 Å². The first-order chi connectivity index (χ1) is 19.4. The van der Waals surface area contributed by atoms with Crippen LogP contribution in [0.3, 0.4) is 0 Å². The van der Waals surface area contributed by atoms with Crippen molar-refractivity contribution in [1.29, 1.82) is 0 Å². The van der Waals surface area contributed by atoms with Crippen LogP contribution in [0.25, 0.3) is 11.1 Å². The summed E-state index contributed by atoms with van der Waals surface area (Å²) >= 11 is 9.70. The number of nitrogens with one attached hydrogen (secondary N) is 1. The van der Waals surface area contributed by atoms with E-state index in [1.54, 1.807) is 36.4 Å². The minimum absolute atomic E-state index is 0.0205. The van der Waals surface area contributed by atoms with Gasteiger partial charge in [-0.15, -0.1) is 0 Å². The quantitative estimate of drug-likeness (QED) is 0.225. The van der Waals surface area contributed by atoms with Crippen molar-refractivity contribution in [2.75, 3.05) is 25.4 Å². The summed E-state index contributed by atoms with van der Waals surface area (Å²) in [7, 11) is -7.55. The molecular weight excluding hydrogens is 659 g/mol. The van der Waals surface area contributed by atoms with Crippen LogP contribution in [0, 0.1) is 0 Å². The summed E-state index contributed by atoms with van der Waals surface area (Å²) in [6.45, 7) is 3.38. The smallest absolute Gasteiger partial charge is 0.258 e. The van der Waals surface area contributed by atoms with Gasteiger partial charge in [0, 0.05) is 64.9 Å².